The highest BCUT2D eigenvalue weighted by Gasteiger charge is 2.20. The van der Waals surface area contributed by atoms with Crippen LogP contribution in [0.25, 0.3) is 0 Å². The number of carbonyl (C=O) groups is 2. The molecule has 152 valence electrons. The van der Waals surface area contributed by atoms with Crippen LogP contribution in [-0.2, 0) is 4.79 Å². The molecule has 0 saturated heterocycles. The lowest BCUT2D eigenvalue weighted by molar-refractivity contribution is -0.119. The quantitative estimate of drug-likeness (QED) is 0.599. The standard InChI is InChI=1S/C18H15N7O2S3/c1-9-3-4-11(8-19-9)28-12-5-6-14(29-15-7-13(26)23-24-15)21-16(12)17(27)22-18-20-10(2)25-30-18/h3-6,8H,7H2,1-2H3,(H,23,26)(H,20,22,25,27). The zero-order valence-electron chi connectivity index (χ0n) is 15.9. The number of carbonyl (C=O) groups excluding carboxylic acids is 2. The minimum atomic E-state index is -0.390. The maximum absolute atomic E-state index is 13.0. The zero-order valence-corrected chi connectivity index (χ0v) is 18.3. The van der Waals surface area contributed by atoms with Crippen LogP contribution in [0.3, 0.4) is 0 Å². The SMILES string of the molecule is Cc1ccc(Sc2ccc(SC3=NNC(=O)C3)nc2C(=O)Nc2nc(C)ns2)cn1. The number of hydrogen-bond acceptors (Lipinski definition) is 10. The Labute approximate surface area is 184 Å². The second kappa shape index (κ2) is 8.90. The van der Waals surface area contributed by atoms with Gasteiger partial charge in [-0.2, -0.15) is 9.47 Å². The van der Waals surface area contributed by atoms with Gasteiger partial charge in [0.1, 0.15) is 21.6 Å². The van der Waals surface area contributed by atoms with Crippen molar-refractivity contribution < 1.29 is 9.59 Å². The van der Waals surface area contributed by atoms with Crippen molar-refractivity contribution in [3.05, 3.63) is 47.7 Å². The maximum Gasteiger partial charge on any atom is 0.277 e. The number of aromatic nitrogens is 4. The molecular weight excluding hydrogens is 442 g/mol. The molecule has 2 N–H and O–H groups in total. The predicted octanol–water partition coefficient (Wildman–Crippen LogP) is 3.27. The average Bonchev–Trinajstić information content (AvgIpc) is 3.32. The lowest BCUT2D eigenvalue weighted by Gasteiger charge is -2.10. The molecule has 2 amide bonds. The summed E-state index contributed by atoms with van der Waals surface area (Å²) in [5.41, 5.74) is 3.57. The third-order valence-electron chi connectivity index (χ3n) is 3.75. The van der Waals surface area contributed by atoms with Crippen LogP contribution in [0.15, 0.2) is 50.4 Å². The third kappa shape index (κ3) is 5.01. The van der Waals surface area contributed by atoms with Crippen LogP contribution in [0.5, 0.6) is 0 Å². The highest BCUT2D eigenvalue weighted by molar-refractivity contribution is 8.14. The number of anilines is 1. The van der Waals surface area contributed by atoms with Crippen molar-refractivity contribution in [2.75, 3.05) is 5.32 Å². The molecule has 12 heteroatoms. The predicted molar refractivity (Wildman–Crippen MR) is 116 cm³/mol. The molecule has 1 aliphatic rings. The molecule has 0 unspecified atom stereocenters. The molecule has 0 radical (unpaired) electrons. The normalized spacial score (nSPS) is 13.1. The first kappa shape index (κ1) is 20.4. The molecule has 4 heterocycles. The Morgan fingerprint density at radius 1 is 1.17 bits per heavy atom. The summed E-state index contributed by atoms with van der Waals surface area (Å²) in [7, 11) is 0. The van der Waals surface area contributed by atoms with Crippen LogP contribution in [0, 0.1) is 13.8 Å². The molecule has 1 aliphatic heterocycles. The molecule has 3 aromatic rings. The summed E-state index contributed by atoms with van der Waals surface area (Å²) in [6, 6.07) is 7.47. The van der Waals surface area contributed by atoms with E-state index in [9.17, 15) is 9.59 Å². The van der Waals surface area contributed by atoms with E-state index in [1.807, 2.05) is 25.1 Å². The van der Waals surface area contributed by atoms with Gasteiger partial charge in [0, 0.05) is 33.2 Å². The summed E-state index contributed by atoms with van der Waals surface area (Å²) in [5, 5.41) is 8.28. The van der Waals surface area contributed by atoms with E-state index in [0.717, 1.165) is 22.1 Å². The Hall–Kier alpha value is -2.83. The van der Waals surface area contributed by atoms with Crippen molar-refractivity contribution in [2.24, 2.45) is 5.10 Å². The second-order valence-electron chi connectivity index (χ2n) is 6.15. The number of aryl methyl sites for hydroxylation is 2. The lowest BCUT2D eigenvalue weighted by Crippen LogP contribution is -2.15. The van der Waals surface area contributed by atoms with E-state index in [4.69, 9.17) is 0 Å². The monoisotopic (exact) mass is 457 g/mol. The zero-order chi connectivity index (χ0) is 21.1. The van der Waals surface area contributed by atoms with Crippen LogP contribution >= 0.6 is 35.1 Å². The Morgan fingerprint density at radius 2 is 2.03 bits per heavy atom. The summed E-state index contributed by atoms with van der Waals surface area (Å²) in [4.78, 5) is 38.9. The molecule has 4 rings (SSSR count). The number of hydrazone groups is 1. The van der Waals surface area contributed by atoms with E-state index >= 15 is 0 Å². The van der Waals surface area contributed by atoms with Crippen LogP contribution in [0.1, 0.15) is 28.4 Å². The molecule has 0 spiro atoms. The van der Waals surface area contributed by atoms with Crippen molar-refractivity contribution >= 4 is 57.0 Å². The van der Waals surface area contributed by atoms with Crippen LogP contribution in [0.2, 0.25) is 0 Å². The number of amides is 2. The molecule has 0 fully saturated rings. The summed E-state index contributed by atoms with van der Waals surface area (Å²) in [6.45, 7) is 3.67. The number of pyridine rings is 2. The summed E-state index contributed by atoms with van der Waals surface area (Å²) >= 11 is 3.74. The van der Waals surface area contributed by atoms with E-state index in [1.165, 1.54) is 23.5 Å². The molecule has 0 aliphatic carbocycles. The van der Waals surface area contributed by atoms with Gasteiger partial charge in [0.25, 0.3) is 5.91 Å². The van der Waals surface area contributed by atoms with Crippen molar-refractivity contribution in [3.8, 4) is 0 Å². The molecule has 3 aromatic heterocycles. The molecule has 0 atom stereocenters. The summed E-state index contributed by atoms with van der Waals surface area (Å²) in [5.74, 6) is 0.0317. The van der Waals surface area contributed by atoms with Crippen molar-refractivity contribution in [2.45, 2.75) is 35.1 Å². The average molecular weight is 458 g/mol. The summed E-state index contributed by atoms with van der Waals surface area (Å²) in [6.07, 6.45) is 1.95. The fourth-order valence-corrected chi connectivity index (χ4v) is 4.64. The van der Waals surface area contributed by atoms with Gasteiger partial charge in [-0.05, 0) is 38.1 Å². The van der Waals surface area contributed by atoms with E-state index in [0.29, 0.717) is 25.9 Å². The Morgan fingerprint density at radius 3 is 2.70 bits per heavy atom. The van der Waals surface area contributed by atoms with E-state index in [1.54, 1.807) is 19.2 Å². The highest BCUT2D eigenvalue weighted by Crippen LogP contribution is 2.32. The van der Waals surface area contributed by atoms with E-state index in [2.05, 4.69) is 35.2 Å². The van der Waals surface area contributed by atoms with Gasteiger partial charge in [0.2, 0.25) is 11.0 Å². The lowest BCUT2D eigenvalue weighted by atomic mass is 10.3. The number of nitrogens with one attached hydrogen (secondary N) is 2. The molecule has 30 heavy (non-hydrogen) atoms. The van der Waals surface area contributed by atoms with Gasteiger partial charge >= 0.3 is 0 Å². The first-order chi connectivity index (χ1) is 14.5. The summed E-state index contributed by atoms with van der Waals surface area (Å²) < 4.78 is 4.08. The number of thioether (sulfide) groups is 1. The Balaban J connectivity index is 1.62. The molecule has 9 nitrogen and oxygen atoms in total. The first-order valence-corrected chi connectivity index (χ1v) is 11.1. The van der Waals surface area contributed by atoms with E-state index < -0.39 is 5.91 Å². The molecule has 0 aromatic carbocycles. The van der Waals surface area contributed by atoms with Crippen molar-refractivity contribution in [3.63, 3.8) is 0 Å². The minimum absolute atomic E-state index is 0.166. The van der Waals surface area contributed by atoms with Crippen LogP contribution < -0.4 is 10.7 Å². The molecule has 0 saturated carbocycles. The highest BCUT2D eigenvalue weighted by atomic mass is 32.2. The van der Waals surface area contributed by atoms with Gasteiger partial charge in [0.05, 0.1) is 6.42 Å². The Bertz CT molecular complexity index is 1140. The van der Waals surface area contributed by atoms with Crippen LogP contribution in [-0.4, -0.2) is 36.2 Å². The van der Waals surface area contributed by atoms with Gasteiger partial charge in [-0.3, -0.25) is 19.9 Å². The number of hydrogen-bond donors (Lipinski definition) is 2. The fourth-order valence-electron chi connectivity index (χ4n) is 2.40. The van der Waals surface area contributed by atoms with Gasteiger partial charge in [-0.15, -0.1) is 0 Å². The van der Waals surface area contributed by atoms with Gasteiger partial charge in [-0.1, -0.05) is 23.5 Å². The second-order valence-corrected chi connectivity index (χ2v) is 9.11. The van der Waals surface area contributed by atoms with Gasteiger partial charge < -0.3 is 0 Å². The largest absolute Gasteiger partial charge is 0.295 e. The fraction of sp³-hybridized carbons (Fsp3) is 0.167. The maximum atomic E-state index is 13.0. The minimum Gasteiger partial charge on any atom is -0.295 e. The third-order valence-corrected chi connectivity index (χ3v) is 6.40. The van der Waals surface area contributed by atoms with E-state index in [-0.39, 0.29) is 18.0 Å². The van der Waals surface area contributed by atoms with Crippen molar-refractivity contribution in [1.82, 2.24) is 24.8 Å². The van der Waals surface area contributed by atoms with Gasteiger partial charge in [-0.25, -0.2) is 15.4 Å². The first-order valence-electron chi connectivity index (χ1n) is 8.73. The Kier molecular flexibility index (Phi) is 6.06. The smallest absolute Gasteiger partial charge is 0.277 e. The molecular formula is C18H15N7O2S3. The topological polar surface area (TPSA) is 122 Å². The van der Waals surface area contributed by atoms with Gasteiger partial charge in [0.15, 0.2) is 0 Å². The number of nitrogens with zero attached hydrogens (tertiary/aromatic N) is 5. The number of rotatable bonds is 5. The molecule has 0 bridgehead atoms. The van der Waals surface area contributed by atoms with Crippen molar-refractivity contribution in [1.29, 1.82) is 0 Å². The van der Waals surface area contributed by atoms with Crippen LogP contribution in [0.4, 0.5) is 5.13 Å².